The van der Waals surface area contributed by atoms with Crippen LogP contribution in [0.25, 0.3) is 11.1 Å². The van der Waals surface area contributed by atoms with Crippen LogP contribution >= 0.6 is 11.6 Å². The first-order valence-corrected chi connectivity index (χ1v) is 16.6. The van der Waals surface area contributed by atoms with Gasteiger partial charge >= 0.3 is 7.12 Å². The third-order valence-electron chi connectivity index (χ3n) is 7.45. The van der Waals surface area contributed by atoms with Crippen LogP contribution in [0.15, 0.2) is 48.5 Å². The molecule has 1 aliphatic heterocycles. The van der Waals surface area contributed by atoms with E-state index in [4.69, 9.17) is 26.6 Å². The zero-order valence-electron chi connectivity index (χ0n) is 27.5. The number of benzene rings is 2. The summed E-state index contributed by atoms with van der Waals surface area (Å²) >= 11 is 5.94. The third kappa shape index (κ3) is 14.1. The molecule has 0 unspecified atom stereocenters. The molecule has 0 radical (unpaired) electrons. The van der Waals surface area contributed by atoms with Gasteiger partial charge in [-0.25, -0.2) is 0 Å². The molecular formula is C32H45BClN7O8. The van der Waals surface area contributed by atoms with Crippen LogP contribution in [-0.4, -0.2) is 112 Å². The number of hydrogen-bond donors (Lipinski definition) is 8. The average molecular weight is 702 g/mol. The molecule has 0 bridgehead atoms. The minimum Gasteiger partial charge on any atom is -0.409 e. The van der Waals surface area contributed by atoms with Gasteiger partial charge in [-0.2, -0.15) is 0 Å². The molecule has 2 aromatic rings. The van der Waals surface area contributed by atoms with Gasteiger partial charge in [-0.1, -0.05) is 35.9 Å². The molecule has 1 aliphatic rings. The van der Waals surface area contributed by atoms with Crippen LogP contribution in [0.3, 0.4) is 0 Å². The summed E-state index contributed by atoms with van der Waals surface area (Å²) in [4.78, 5) is 63.7. The molecule has 3 atom stereocenters. The molecule has 3 rings (SSSR count). The first kappa shape index (κ1) is 39.4. The topological polar surface area (TPSA) is 222 Å². The van der Waals surface area contributed by atoms with E-state index in [-0.39, 0.29) is 6.44 Å². The van der Waals surface area contributed by atoms with Crippen molar-refractivity contribution in [3.05, 3.63) is 59.1 Å². The summed E-state index contributed by atoms with van der Waals surface area (Å²) in [5.41, 5.74) is 7.69. The Bertz CT molecular complexity index is 1380. The molecule has 0 aromatic heterocycles. The smallest absolute Gasteiger partial charge is 0.409 e. The molecule has 5 amide bonds. The number of rotatable bonds is 17. The van der Waals surface area contributed by atoms with Gasteiger partial charge in [0.05, 0.1) is 25.6 Å². The van der Waals surface area contributed by atoms with Gasteiger partial charge in [0.15, 0.2) is 0 Å². The maximum atomic E-state index is 12.9. The van der Waals surface area contributed by atoms with Gasteiger partial charge < -0.3 is 52.0 Å². The number of halogens is 1. The summed E-state index contributed by atoms with van der Waals surface area (Å²) < 4.78 is 11.1. The molecule has 0 aliphatic carbocycles. The molecule has 1 fully saturated rings. The zero-order chi connectivity index (χ0) is 35.6. The van der Waals surface area contributed by atoms with Crippen molar-refractivity contribution in [2.75, 3.05) is 52.4 Å². The van der Waals surface area contributed by atoms with Crippen LogP contribution in [-0.2, 0) is 28.5 Å². The SMILES string of the molecule is C[C@@H](O)[C@H](NC(=O)CNC(=O)c1ccc(-c2ccc(Cl)cc2)cc1)C(=O)NCC(=O)N[C@@H](CCCCN)C(=O)NCB1OCCNCCO1. The van der Waals surface area contributed by atoms with E-state index in [0.29, 0.717) is 62.7 Å². The van der Waals surface area contributed by atoms with E-state index in [9.17, 15) is 29.1 Å². The van der Waals surface area contributed by atoms with Crippen molar-refractivity contribution >= 4 is 48.3 Å². The first-order chi connectivity index (χ1) is 23.6. The maximum Gasteiger partial charge on any atom is 0.477 e. The minimum absolute atomic E-state index is 0.0889. The van der Waals surface area contributed by atoms with Crippen LogP contribution < -0.4 is 37.6 Å². The van der Waals surface area contributed by atoms with E-state index in [1.807, 2.05) is 12.1 Å². The first-order valence-electron chi connectivity index (χ1n) is 16.2. The summed E-state index contributed by atoms with van der Waals surface area (Å²) in [6.45, 7) is 2.88. The Morgan fingerprint density at radius 3 is 2.06 bits per heavy atom. The van der Waals surface area contributed by atoms with Crippen LogP contribution in [0, 0.1) is 0 Å². The van der Waals surface area contributed by atoms with E-state index >= 15 is 0 Å². The Labute approximate surface area is 290 Å². The van der Waals surface area contributed by atoms with E-state index in [2.05, 4.69) is 31.9 Å². The molecule has 9 N–H and O–H groups in total. The Kier molecular flexibility index (Phi) is 17.0. The summed E-state index contributed by atoms with van der Waals surface area (Å²) in [5.74, 6) is -3.19. The lowest BCUT2D eigenvalue weighted by atomic mass is 9.89. The van der Waals surface area contributed by atoms with Gasteiger partial charge in [-0.05, 0) is 68.1 Å². The molecule has 17 heteroatoms. The van der Waals surface area contributed by atoms with Gasteiger partial charge in [0, 0.05) is 36.9 Å². The van der Waals surface area contributed by atoms with Crippen molar-refractivity contribution < 1.29 is 38.4 Å². The lowest BCUT2D eigenvalue weighted by Gasteiger charge is -2.23. The van der Waals surface area contributed by atoms with Crippen molar-refractivity contribution in [2.24, 2.45) is 5.73 Å². The Morgan fingerprint density at radius 2 is 1.45 bits per heavy atom. The van der Waals surface area contributed by atoms with Crippen molar-refractivity contribution in [3.63, 3.8) is 0 Å². The Balaban J connectivity index is 1.46. The standard InChI is InChI=1S/C32H45BClN7O8/c1-21(42)29(41-28(44)19-37-30(45)24-7-5-22(6-8-24)23-9-11-25(34)12-10-23)32(47)38-18-27(43)40-26(4-2-3-13-35)31(46)39-20-33-48-16-14-36-15-17-49-33/h5-12,21,26,29,36,42H,2-4,13-20,35H2,1H3,(H,37,45)(H,38,47)(H,39,46)(H,40,43)(H,41,44)/t21-,26+,29+/m1/s1. The summed E-state index contributed by atoms with van der Waals surface area (Å²) in [6.07, 6.45) is 0.289. The minimum atomic E-state index is -1.42. The van der Waals surface area contributed by atoms with Crippen molar-refractivity contribution in [3.8, 4) is 11.1 Å². The second-order valence-electron chi connectivity index (χ2n) is 11.3. The zero-order valence-corrected chi connectivity index (χ0v) is 28.2. The largest absolute Gasteiger partial charge is 0.477 e. The summed E-state index contributed by atoms with van der Waals surface area (Å²) in [5, 5.41) is 26.5. The lowest BCUT2D eigenvalue weighted by molar-refractivity contribution is -0.133. The number of nitrogens with two attached hydrogens (primary N) is 1. The highest BCUT2D eigenvalue weighted by atomic mass is 35.5. The van der Waals surface area contributed by atoms with Gasteiger partial charge in [0.25, 0.3) is 5.91 Å². The van der Waals surface area contributed by atoms with Gasteiger partial charge in [-0.15, -0.1) is 0 Å². The van der Waals surface area contributed by atoms with Gasteiger partial charge in [0.2, 0.25) is 23.6 Å². The van der Waals surface area contributed by atoms with Crippen molar-refractivity contribution in [2.45, 2.75) is 44.4 Å². The van der Waals surface area contributed by atoms with Crippen LogP contribution in [0.2, 0.25) is 5.02 Å². The molecule has 266 valence electrons. The summed E-state index contributed by atoms with van der Waals surface area (Å²) in [6, 6.07) is 11.7. The number of unbranched alkanes of at least 4 members (excludes halogenated alkanes) is 1. The Morgan fingerprint density at radius 1 is 0.857 bits per heavy atom. The van der Waals surface area contributed by atoms with Crippen molar-refractivity contribution in [1.29, 1.82) is 0 Å². The van der Waals surface area contributed by atoms with Gasteiger partial charge in [0.1, 0.15) is 12.1 Å². The van der Waals surface area contributed by atoms with Crippen LogP contribution in [0.5, 0.6) is 0 Å². The van der Waals surface area contributed by atoms with E-state index in [0.717, 1.165) is 11.1 Å². The monoisotopic (exact) mass is 701 g/mol. The predicted molar refractivity (Wildman–Crippen MR) is 184 cm³/mol. The fraction of sp³-hybridized carbons (Fsp3) is 0.469. The lowest BCUT2D eigenvalue weighted by Crippen LogP contribution is -2.56. The number of nitrogens with one attached hydrogen (secondary N) is 6. The average Bonchev–Trinajstić information content (AvgIpc) is 3.07. The molecule has 1 heterocycles. The highest BCUT2D eigenvalue weighted by molar-refractivity contribution is 6.45. The molecular weight excluding hydrogens is 657 g/mol. The second kappa shape index (κ2) is 21.1. The fourth-order valence-corrected chi connectivity index (χ4v) is 4.88. The second-order valence-corrected chi connectivity index (χ2v) is 11.8. The summed E-state index contributed by atoms with van der Waals surface area (Å²) in [7, 11) is -0.626. The predicted octanol–water partition coefficient (Wildman–Crippen LogP) is -0.888. The van der Waals surface area contributed by atoms with E-state index in [1.165, 1.54) is 6.92 Å². The normalized spacial score (nSPS) is 15.1. The third-order valence-corrected chi connectivity index (χ3v) is 7.70. The number of carbonyl (C=O) groups is 5. The number of amides is 5. The molecule has 49 heavy (non-hydrogen) atoms. The molecule has 0 spiro atoms. The number of hydrogen-bond acceptors (Lipinski definition) is 10. The van der Waals surface area contributed by atoms with Crippen molar-refractivity contribution in [1.82, 2.24) is 31.9 Å². The van der Waals surface area contributed by atoms with E-state index < -0.39 is 67.9 Å². The highest BCUT2D eigenvalue weighted by Gasteiger charge is 2.28. The quantitative estimate of drug-likeness (QED) is 0.0751. The fourth-order valence-electron chi connectivity index (χ4n) is 4.76. The molecule has 15 nitrogen and oxygen atoms in total. The molecule has 1 saturated heterocycles. The number of aliphatic hydroxyl groups excluding tert-OH is 1. The molecule has 0 saturated carbocycles. The van der Waals surface area contributed by atoms with E-state index in [1.54, 1.807) is 36.4 Å². The van der Waals surface area contributed by atoms with Crippen LogP contribution in [0.4, 0.5) is 0 Å². The number of carbonyl (C=O) groups excluding carboxylic acids is 5. The van der Waals surface area contributed by atoms with Crippen LogP contribution in [0.1, 0.15) is 36.5 Å². The maximum absolute atomic E-state index is 12.9. The highest BCUT2D eigenvalue weighted by Crippen LogP contribution is 2.22. The van der Waals surface area contributed by atoms with Gasteiger partial charge in [-0.3, -0.25) is 24.0 Å². The Hall–Kier alpha value is -4.06. The number of aliphatic hydroxyl groups is 1. The molecule has 2 aromatic carbocycles.